The van der Waals surface area contributed by atoms with Gasteiger partial charge in [0.15, 0.2) is 0 Å². The van der Waals surface area contributed by atoms with Crippen molar-refractivity contribution in [2.45, 2.75) is 12.8 Å². The Kier molecular flexibility index (Phi) is 4.61. The second-order valence-corrected chi connectivity index (χ2v) is 6.44. The number of alkyl halides is 1. The van der Waals surface area contributed by atoms with Crippen LogP contribution in [0.5, 0.6) is 0 Å². The summed E-state index contributed by atoms with van der Waals surface area (Å²) in [6.45, 7) is 0. The van der Waals surface area contributed by atoms with Gasteiger partial charge in [-0.1, -0.05) is 12.1 Å². The minimum Gasteiger partial charge on any atom is -0.283 e. The maximum absolute atomic E-state index is 11.9. The molecule has 2 rings (SSSR count). The molecule has 0 spiro atoms. The van der Waals surface area contributed by atoms with Crippen LogP contribution in [-0.2, 0) is 10.0 Å². The van der Waals surface area contributed by atoms with Crippen LogP contribution in [0.1, 0.15) is 12.8 Å². The first-order valence-electron chi connectivity index (χ1n) is 6.01. The van der Waals surface area contributed by atoms with Crippen LogP contribution in [0.3, 0.4) is 0 Å². The van der Waals surface area contributed by atoms with Gasteiger partial charge >= 0.3 is 0 Å². The number of nitrogens with one attached hydrogen (secondary N) is 1. The first kappa shape index (κ1) is 14.1. The molecule has 102 valence electrons. The van der Waals surface area contributed by atoms with Gasteiger partial charge in [0.25, 0.3) is 0 Å². The van der Waals surface area contributed by atoms with Crippen molar-refractivity contribution in [1.29, 1.82) is 0 Å². The van der Waals surface area contributed by atoms with Gasteiger partial charge in [0.2, 0.25) is 10.0 Å². The highest BCUT2D eigenvalue weighted by atomic mass is 35.5. The third kappa shape index (κ3) is 3.81. The number of hydrogen-bond donors (Lipinski definition) is 1. The van der Waals surface area contributed by atoms with Crippen molar-refractivity contribution in [1.82, 2.24) is 4.98 Å². The van der Waals surface area contributed by atoms with Crippen molar-refractivity contribution in [2.75, 3.05) is 16.4 Å². The fourth-order valence-corrected chi connectivity index (χ4v) is 3.20. The van der Waals surface area contributed by atoms with Gasteiger partial charge < -0.3 is 0 Å². The van der Waals surface area contributed by atoms with E-state index in [-0.39, 0.29) is 5.75 Å². The van der Waals surface area contributed by atoms with Gasteiger partial charge in [0.05, 0.1) is 11.4 Å². The summed E-state index contributed by atoms with van der Waals surface area (Å²) < 4.78 is 26.5. The molecule has 0 fully saturated rings. The molecular formula is C13H15ClN2O2S. The molecule has 0 atom stereocenters. The van der Waals surface area contributed by atoms with E-state index in [1.54, 1.807) is 18.5 Å². The lowest BCUT2D eigenvalue weighted by atomic mass is 10.1. The quantitative estimate of drug-likeness (QED) is 0.659. The highest BCUT2D eigenvalue weighted by Gasteiger charge is 2.11. The molecule has 0 aliphatic rings. The minimum atomic E-state index is -3.33. The van der Waals surface area contributed by atoms with Gasteiger partial charge in [0.1, 0.15) is 0 Å². The number of anilines is 1. The Morgan fingerprint density at radius 1 is 1.21 bits per heavy atom. The Morgan fingerprint density at radius 2 is 2.05 bits per heavy atom. The van der Waals surface area contributed by atoms with E-state index in [0.717, 1.165) is 10.8 Å². The molecule has 2 aromatic rings. The highest BCUT2D eigenvalue weighted by Crippen LogP contribution is 2.23. The van der Waals surface area contributed by atoms with Gasteiger partial charge in [0, 0.05) is 23.7 Å². The van der Waals surface area contributed by atoms with E-state index in [0.29, 0.717) is 24.4 Å². The zero-order valence-electron chi connectivity index (χ0n) is 10.3. The second-order valence-electron chi connectivity index (χ2n) is 4.22. The predicted octanol–water partition coefficient (Wildman–Crippen LogP) is 3.00. The zero-order valence-corrected chi connectivity index (χ0v) is 11.9. The van der Waals surface area contributed by atoms with Crippen molar-refractivity contribution in [3.05, 3.63) is 36.7 Å². The number of fused-ring (bicyclic) bond motifs is 1. The molecule has 0 saturated heterocycles. The monoisotopic (exact) mass is 298 g/mol. The van der Waals surface area contributed by atoms with E-state index in [9.17, 15) is 8.42 Å². The van der Waals surface area contributed by atoms with Gasteiger partial charge in [-0.15, -0.1) is 11.6 Å². The minimum absolute atomic E-state index is 0.0797. The smallest absolute Gasteiger partial charge is 0.232 e. The Hall–Kier alpha value is -1.33. The fourth-order valence-electron chi connectivity index (χ4n) is 1.81. The summed E-state index contributed by atoms with van der Waals surface area (Å²) in [5.74, 6) is 0.560. The van der Waals surface area contributed by atoms with E-state index in [4.69, 9.17) is 11.6 Å². The molecule has 0 saturated carbocycles. The largest absolute Gasteiger partial charge is 0.283 e. The van der Waals surface area contributed by atoms with Crippen LogP contribution in [0, 0.1) is 0 Å². The van der Waals surface area contributed by atoms with Crippen molar-refractivity contribution in [3.8, 4) is 0 Å². The molecular weight excluding hydrogens is 284 g/mol. The average molecular weight is 299 g/mol. The first-order valence-corrected chi connectivity index (χ1v) is 8.20. The van der Waals surface area contributed by atoms with E-state index >= 15 is 0 Å². The van der Waals surface area contributed by atoms with Gasteiger partial charge in [-0.2, -0.15) is 0 Å². The number of nitrogens with zero attached hydrogens (tertiary/aromatic N) is 1. The van der Waals surface area contributed by atoms with Crippen molar-refractivity contribution in [2.24, 2.45) is 0 Å². The molecule has 0 radical (unpaired) electrons. The number of benzene rings is 1. The van der Waals surface area contributed by atoms with E-state index in [1.807, 2.05) is 18.2 Å². The number of sulfonamides is 1. The molecule has 0 aliphatic heterocycles. The summed E-state index contributed by atoms with van der Waals surface area (Å²) in [4.78, 5) is 4.03. The maximum Gasteiger partial charge on any atom is 0.232 e. The summed E-state index contributed by atoms with van der Waals surface area (Å²) in [7, 11) is -3.33. The fraction of sp³-hybridized carbons (Fsp3) is 0.308. The normalized spacial score (nSPS) is 11.6. The van der Waals surface area contributed by atoms with E-state index in [1.165, 1.54) is 0 Å². The van der Waals surface area contributed by atoms with Gasteiger partial charge in [-0.3, -0.25) is 9.71 Å². The Morgan fingerprint density at radius 3 is 2.84 bits per heavy atom. The Balaban J connectivity index is 2.21. The van der Waals surface area contributed by atoms with Crippen LogP contribution >= 0.6 is 11.6 Å². The van der Waals surface area contributed by atoms with Crippen LogP contribution in [0.15, 0.2) is 36.7 Å². The van der Waals surface area contributed by atoms with Crippen LogP contribution in [0.2, 0.25) is 0 Å². The molecule has 6 heteroatoms. The first-order chi connectivity index (χ1) is 9.12. The Labute approximate surface area is 117 Å². The summed E-state index contributed by atoms with van der Waals surface area (Å²) >= 11 is 5.55. The molecule has 19 heavy (non-hydrogen) atoms. The Bertz CT molecular complexity index is 653. The summed E-state index contributed by atoms with van der Waals surface area (Å²) in [5.41, 5.74) is 0.566. The highest BCUT2D eigenvalue weighted by molar-refractivity contribution is 7.92. The SMILES string of the molecule is O=S(=O)(CCCCCl)Nc1cccc2ccncc12. The summed E-state index contributed by atoms with van der Waals surface area (Å²) in [5, 5.41) is 1.75. The summed E-state index contributed by atoms with van der Waals surface area (Å²) in [6, 6.07) is 7.32. The lowest BCUT2D eigenvalue weighted by Gasteiger charge is -2.10. The maximum atomic E-state index is 11.9. The third-order valence-electron chi connectivity index (χ3n) is 2.75. The average Bonchev–Trinajstić information content (AvgIpc) is 2.39. The predicted molar refractivity (Wildman–Crippen MR) is 79.1 cm³/mol. The van der Waals surface area contributed by atoms with Crippen molar-refractivity contribution in [3.63, 3.8) is 0 Å². The lowest BCUT2D eigenvalue weighted by Crippen LogP contribution is -2.17. The van der Waals surface area contributed by atoms with E-state index in [2.05, 4.69) is 9.71 Å². The number of pyridine rings is 1. The molecule has 0 unspecified atom stereocenters. The molecule has 1 aromatic heterocycles. The molecule has 1 heterocycles. The van der Waals surface area contributed by atoms with Crippen LogP contribution < -0.4 is 4.72 Å². The number of aromatic nitrogens is 1. The third-order valence-corrected chi connectivity index (χ3v) is 4.37. The number of rotatable bonds is 6. The van der Waals surface area contributed by atoms with Crippen LogP contribution in [-0.4, -0.2) is 25.0 Å². The molecule has 0 amide bonds. The van der Waals surface area contributed by atoms with Crippen LogP contribution in [0.4, 0.5) is 5.69 Å². The lowest BCUT2D eigenvalue weighted by molar-refractivity contribution is 0.598. The molecule has 1 N–H and O–H groups in total. The molecule has 0 bridgehead atoms. The van der Waals surface area contributed by atoms with Crippen molar-refractivity contribution < 1.29 is 8.42 Å². The number of halogens is 1. The zero-order chi connectivity index (χ0) is 13.7. The molecule has 4 nitrogen and oxygen atoms in total. The summed E-state index contributed by atoms with van der Waals surface area (Å²) in [6.07, 6.45) is 4.59. The number of hydrogen-bond acceptors (Lipinski definition) is 3. The van der Waals surface area contributed by atoms with Crippen LogP contribution in [0.25, 0.3) is 10.8 Å². The number of unbranched alkanes of at least 4 members (excludes halogenated alkanes) is 1. The van der Waals surface area contributed by atoms with Gasteiger partial charge in [-0.05, 0) is 30.4 Å². The van der Waals surface area contributed by atoms with E-state index < -0.39 is 10.0 Å². The second kappa shape index (κ2) is 6.21. The van der Waals surface area contributed by atoms with Crippen molar-refractivity contribution >= 4 is 38.1 Å². The molecule has 1 aromatic carbocycles. The van der Waals surface area contributed by atoms with Gasteiger partial charge in [-0.25, -0.2) is 8.42 Å². The molecule has 0 aliphatic carbocycles. The topological polar surface area (TPSA) is 59.1 Å². The standard InChI is InChI=1S/C13H15ClN2O2S/c14-7-1-2-9-19(17,18)16-13-5-3-4-11-6-8-15-10-12(11)13/h3-6,8,10,16H,1-2,7,9H2.